The van der Waals surface area contributed by atoms with E-state index in [2.05, 4.69) is 74.2 Å². The van der Waals surface area contributed by atoms with Gasteiger partial charge in [0, 0.05) is 6.10 Å². The first-order valence-corrected chi connectivity index (χ1v) is 14.8. The van der Waals surface area contributed by atoms with Crippen molar-refractivity contribution >= 4 is 8.32 Å². The van der Waals surface area contributed by atoms with Gasteiger partial charge < -0.3 is 9.53 Å². The highest BCUT2D eigenvalue weighted by Crippen LogP contribution is 2.37. The predicted octanol–water partition coefficient (Wildman–Crippen LogP) is 7.81. The third kappa shape index (κ3) is 11.9. The number of hydrogen-bond acceptors (Lipinski definition) is 3. The lowest BCUT2D eigenvalue weighted by Gasteiger charge is -2.38. The highest BCUT2D eigenvalue weighted by atomic mass is 28.4. The molecule has 0 bridgehead atoms. The van der Waals surface area contributed by atoms with Gasteiger partial charge in [-0.2, -0.15) is 5.26 Å². The largest absolute Gasteiger partial charge is 0.414 e. The molecule has 3 nitrogen and oxygen atoms in total. The molecular formula is C27H49NO2Si. The smallest absolute Gasteiger partial charge is 0.192 e. The molecular weight excluding hydrogens is 398 g/mol. The molecule has 0 aliphatic rings. The van der Waals surface area contributed by atoms with Crippen LogP contribution in [0.1, 0.15) is 81.1 Å². The maximum atomic E-state index is 10.7. The van der Waals surface area contributed by atoms with Crippen molar-refractivity contribution in [1.29, 1.82) is 5.26 Å². The number of aliphatic hydroxyl groups excluding tert-OH is 1. The van der Waals surface area contributed by atoms with Crippen LogP contribution in [-0.2, 0) is 4.43 Å². The Bertz CT molecular complexity index is 651. The van der Waals surface area contributed by atoms with Gasteiger partial charge in [0.15, 0.2) is 8.32 Å². The fraction of sp³-hybridized carbons (Fsp3) is 0.741. The normalized spacial score (nSPS) is 18.3. The van der Waals surface area contributed by atoms with Crippen LogP contribution in [0.25, 0.3) is 0 Å². The van der Waals surface area contributed by atoms with Gasteiger partial charge in [-0.15, -0.1) is 6.58 Å². The monoisotopic (exact) mass is 447 g/mol. The molecule has 0 rings (SSSR count). The fourth-order valence-electron chi connectivity index (χ4n) is 3.90. The van der Waals surface area contributed by atoms with E-state index in [1.54, 1.807) is 6.08 Å². The Morgan fingerprint density at radius 3 is 2.19 bits per heavy atom. The van der Waals surface area contributed by atoms with Crippen molar-refractivity contribution in [2.75, 3.05) is 0 Å². The molecule has 4 heteroatoms. The standard InChI is InChI=1S/C27H49NO2Si/c1-20(2)16-21(3)17-22(4)18-23(5)26(29)25(19-28)15-13-12-14-24(6)30-31(10,11)27(7,8)9/h12-13,15,21-24,26,29H,1,14,16-18H2,2-11H3/b13-12+,25-15+/t21-,22-,23+,24?,26?/m1/s1. The molecule has 5 atom stereocenters. The summed E-state index contributed by atoms with van der Waals surface area (Å²) in [5.74, 6) is 1.15. The van der Waals surface area contributed by atoms with Crippen LogP contribution in [0.4, 0.5) is 0 Å². The van der Waals surface area contributed by atoms with Gasteiger partial charge in [0.05, 0.1) is 17.7 Å². The van der Waals surface area contributed by atoms with Crippen molar-refractivity contribution in [3.63, 3.8) is 0 Å². The second-order valence-electron chi connectivity index (χ2n) is 11.4. The molecule has 0 aliphatic carbocycles. The number of nitriles is 1. The van der Waals surface area contributed by atoms with Gasteiger partial charge in [0.2, 0.25) is 0 Å². The minimum absolute atomic E-state index is 0.0483. The first-order chi connectivity index (χ1) is 14.1. The third-order valence-corrected chi connectivity index (χ3v) is 11.0. The van der Waals surface area contributed by atoms with Crippen LogP contribution in [0, 0.1) is 29.1 Å². The number of nitrogens with zero attached hydrogens (tertiary/aromatic N) is 1. The number of aliphatic hydroxyl groups is 1. The maximum Gasteiger partial charge on any atom is 0.192 e. The zero-order chi connectivity index (χ0) is 24.4. The molecule has 0 radical (unpaired) electrons. The minimum Gasteiger partial charge on any atom is -0.414 e. The Hall–Kier alpha value is -1.15. The Balaban J connectivity index is 4.78. The van der Waals surface area contributed by atoms with Crippen LogP contribution in [0.15, 0.2) is 36.0 Å². The molecule has 0 aromatic rings. The molecule has 0 aromatic carbocycles. The lowest BCUT2D eigenvalue weighted by Crippen LogP contribution is -2.43. The molecule has 0 saturated carbocycles. The Morgan fingerprint density at radius 2 is 1.71 bits per heavy atom. The topological polar surface area (TPSA) is 53.2 Å². The van der Waals surface area contributed by atoms with Crippen LogP contribution in [0.5, 0.6) is 0 Å². The second kappa shape index (κ2) is 13.4. The van der Waals surface area contributed by atoms with E-state index in [9.17, 15) is 10.4 Å². The van der Waals surface area contributed by atoms with Crippen molar-refractivity contribution in [2.45, 2.75) is 111 Å². The summed E-state index contributed by atoms with van der Waals surface area (Å²) in [6.45, 7) is 26.0. The summed E-state index contributed by atoms with van der Waals surface area (Å²) in [5.41, 5.74) is 1.65. The minimum atomic E-state index is -1.77. The SMILES string of the molecule is C=C(C)C[C@@H](C)C[C@@H](C)C[C@H](C)C(O)/C(C#N)=C/C=C/CC(C)O[Si](C)(C)C(C)(C)C. The fourth-order valence-corrected chi connectivity index (χ4v) is 5.36. The first-order valence-electron chi connectivity index (χ1n) is 11.9. The Kier molecular flexibility index (Phi) is 12.9. The van der Waals surface area contributed by atoms with Crippen LogP contribution < -0.4 is 0 Å². The van der Waals surface area contributed by atoms with E-state index in [1.807, 2.05) is 19.1 Å². The van der Waals surface area contributed by atoms with E-state index in [4.69, 9.17) is 4.43 Å². The second-order valence-corrected chi connectivity index (χ2v) is 16.1. The molecule has 0 spiro atoms. The van der Waals surface area contributed by atoms with E-state index in [0.717, 1.165) is 25.7 Å². The summed E-state index contributed by atoms with van der Waals surface area (Å²) in [7, 11) is -1.77. The summed E-state index contributed by atoms with van der Waals surface area (Å²) < 4.78 is 6.37. The average Bonchev–Trinajstić information content (AvgIpc) is 2.58. The van der Waals surface area contributed by atoms with E-state index in [0.29, 0.717) is 17.4 Å². The lowest BCUT2D eigenvalue weighted by atomic mass is 9.84. The maximum absolute atomic E-state index is 10.7. The molecule has 0 aromatic heterocycles. The Labute approximate surface area is 194 Å². The lowest BCUT2D eigenvalue weighted by molar-refractivity contribution is 0.135. The summed E-state index contributed by atoms with van der Waals surface area (Å²) >= 11 is 0. The van der Waals surface area contributed by atoms with Crippen molar-refractivity contribution in [3.05, 3.63) is 36.0 Å². The van der Waals surface area contributed by atoms with Crippen molar-refractivity contribution in [3.8, 4) is 6.07 Å². The summed E-state index contributed by atoms with van der Waals surface area (Å²) in [5, 5.41) is 20.4. The number of allylic oxidation sites excluding steroid dienone is 3. The van der Waals surface area contributed by atoms with Gasteiger partial charge in [-0.05, 0) is 81.5 Å². The summed E-state index contributed by atoms with van der Waals surface area (Å²) in [6, 6.07) is 2.19. The molecule has 0 amide bonds. The van der Waals surface area contributed by atoms with E-state index in [1.165, 1.54) is 5.57 Å². The van der Waals surface area contributed by atoms with Crippen molar-refractivity contribution in [1.82, 2.24) is 0 Å². The van der Waals surface area contributed by atoms with Gasteiger partial charge in [-0.3, -0.25) is 0 Å². The highest BCUT2D eigenvalue weighted by Gasteiger charge is 2.38. The van der Waals surface area contributed by atoms with Gasteiger partial charge in [-0.1, -0.05) is 59.3 Å². The zero-order valence-electron chi connectivity index (χ0n) is 22.0. The molecule has 1 N–H and O–H groups in total. The first kappa shape index (κ1) is 29.8. The van der Waals surface area contributed by atoms with Crippen LogP contribution in [0.3, 0.4) is 0 Å². The van der Waals surface area contributed by atoms with Crippen molar-refractivity contribution in [2.24, 2.45) is 17.8 Å². The summed E-state index contributed by atoms with van der Waals surface area (Å²) in [4.78, 5) is 0. The van der Waals surface area contributed by atoms with Crippen LogP contribution in [-0.4, -0.2) is 25.6 Å². The van der Waals surface area contributed by atoms with Gasteiger partial charge >= 0.3 is 0 Å². The molecule has 0 saturated heterocycles. The number of hydrogen-bond donors (Lipinski definition) is 1. The van der Waals surface area contributed by atoms with Gasteiger partial charge in [0.1, 0.15) is 0 Å². The highest BCUT2D eigenvalue weighted by molar-refractivity contribution is 6.74. The Morgan fingerprint density at radius 1 is 1.13 bits per heavy atom. The molecule has 178 valence electrons. The summed E-state index contributed by atoms with van der Waals surface area (Å²) in [6.07, 6.45) is 8.96. The molecule has 0 aliphatic heterocycles. The third-order valence-electron chi connectivity index (χ3n) is 6.44. The molecule has 31 heavy (non-hydrogen) atoms. The van der Waals surface area contributed by atoms with Crippen molar-refractivity contribution < 1.29 is 9.53 Å². The number of rotatable bonds is 13. The quantitative estimate of drug-likeness (QED) is 0.135. The van der Waals surface area contributed by atoms with E-state index in [-0.39, 0.29) is 17.1 Å². The zero-order valence-corrected chi connectivity index (χ0v) is 23.0. The molecule has 2 unspecified atom stereocenters. The van der Waals surface area contributed by atoms with Crippen LogP contribution in [0.2, 0.25) is 18.1 Å². The van der Waals surface area contributed by atoms with Gasteiger partial charge in [0.25, 0.3) is 0 Å². The average molecular weight is 448 g/mol. The van der Waals surface area contributed by atoms with E-state index >= 15 is 0 Å². The molecule has 0 heterocycles. The molecule has 0 fully saturated rings. The predicted molar refractivity (Wildman–Crippen MR) is 137 cm³/mol. The van der Waals surface area contributed by atoms with Crippen LogP contribution >= 0.6 is 0 Å². The van der Waals surface area contributed by atoms with Gasteiger partial charge in [-0.25, -0.2) is 0 Å². The van der Waals surface area contributed by atoms with E-state index < -0.39 is 14.4 Å².